The molecule has 0 bridgehead atoms. The molecular formula is C21H21FN3. The summed E-state index contributed by atoms with van der Waals surface area (Å²) in [6, 6.07) is 17.2. The summed E-state index contributed by atoms with van der Waals surface area (Å²) >= 11 is 0. The van der Waals surface area contributed by atoms with E-state index in [0.717, 1.165) is 41.7 Å². The number of aromatic nitrogens is 1. The van der Waals surface area contributed by atoms with E-state index in [1.54, 1.807) is 0 Å². The van der Waals surface area contributed by atoms with Crippen LogP contribution >= 0.6 is 0 Å². The highest BCUT2D eigenvalue weighted by atomic mass is 19.1. The highest BCUT2D eigenvalue weighted by Gasteiger charge is 2.40. The first kappa shape index (κ1) is 16.2. The molecule has 25 heavy (non-hydrogen) atoms. The number of rotatable bonds is 3. The lowest BCUT2D eigenvalue weighted by Crippen LogP contribution is -2.54. The zero-order chi connectivity index (χ0) is 17.3. The van der Waals surface area contributed by atoms with E-state index in [9.17, 15) is 4.39 Å². The number of piperazine rings is 1. The monoisotopic (exact) mass is 334 g/mol. The second-order valence-corrected chi connectivity index (χ2v) is 6.72. The molecule has 4 rings (SSSR count). The summed E-state index contributed by atoms with van der Waals surface area (Å²) in [5.41, 5.74) is 2.80. The fourth-order valence-corrected chi connectivity index (χ4v) is 3.84. The van der Waals surface area contributed by atoms with Crippen LogP contribution in [0.3, 0.4) is 0 Å². The van der Waals surface area contributed by atoms with Crippen LogP contribution in [0.15, 0.2) is 60.8 Å². The maximum atomic E-state index is 13.5. The highest BCUT2D eigenvalue weighted by molar-refractivity contribution is 5.83. The number of nitrogens with one attached hydrogen (secondary N) is 1. The lowest BCUT2D eigenvalue weighted by atomic mass is 9.69. The Labute approximate surface area is 147 Å². The van der Waals surface area contributed by atoms with E-state index in [1.165, 1.54) is 12.1 Å². The SMILES string of the molecule is CC(c1ccc(F)cc1)(c1cccc2cccnc12)C1CNCC[N]1. The normalized spacial score (nSPS) is 20.3. The van der Waals surface area contributed by atoms with Crippen molar-refractivity contribution in [2.75, 3.05) is 19.6 Å². The number of pyridine rings is 1. The third kappa shape index (κ3) is 2.81. The van der Waals surface area contributed by atoms with Gasteiger partial charge in [0.15, 0.2) is 0 Å². The molecule has 0 spiro atoms. The Morgan fingerprint density at radius 3 is 2.64 bits per heavy atom. The van der Waals surface area contributed by atoms with Gasteiger partial charge < -0.3 is 5.32 Å². The summed E-state index contributed by atoms with van der Waals surface area (Å²) in [4.78, 5) is 4.65. The second kappa shape index (κ2) is 6.54. The predicted octanol–water partition coefficient (Wildman–Crippen LogP) is 3.26. The topological polar surface area (TPSA) is 39.0 Å². The Hall–Kier alpha value is -2.30. The molecule has 3 aromatic rings. The molecule has 4 heteroatoms. The Morgan fingerprint density at radius 2 is 1.88 bits per heavy atom. The Kier molecular flexibility index (Phi) is 4.24. The van der Waals surface area contributed by atoms with E-state index in [1.807, 2.05) is 24.4 Å². The molecule has 2 aromatic carbocycles. The smallest absolute Gasteiger partial charge is 0.123 e. The maximum absolute atomic E-state index is 13.5. The average Bonchev–Trinajstić information content (AvgIpc) is 2.68. The maximum Gasteiger partial charge on any atom is 0.123 e. The zero-order valence-electron chi connectivity index (χ0n) is 14.2. The standard InChI is InChI=1S/C21H21FN3/c1-21(19-14-23-12-13-24-19,16-7-9-17(22)10-8-16)18-6-2-4-15-5-3-11-25-20(15)18/h2-11,19,23H,12-14H2,1H3. The zero-order valence-corrected chi connectivity index (χ0v) is 14.2. The summed E-state index contributed by atoms with van der Waals surface area (Å²) in [5, 5.41) is 9.46. The number of halogens is 1. The van der Waals surface area contributed by atoms with Gasteiger partial charge in [-0.3, -0.25) is 4.98 Å². The van der Waals surface area contributed by atoms with Crippen molar-refractivity contribution >= 4 is 10.9 Å². The fraction of sp³-hybridized carbons (Fsp3) is 0.286. The van der Waals surface area contributed by atoms with Gasteiger partial charge in [-0.15, -0.1) is 0 Å². The van der Waals surface area contributed by atoms with Gasteiger partial charge in [-0.2, -0.15) is 0 Å². The van der Waals surface area contributed by atoms with Crippen LogP contribution in [0.5, 0.6) is 0 Å². The molecule has 2 atom stereocenters. The number of hydrogen-bond donors (Lipinski definition) is 1. The summed E-state index contributed by atoms with van der Waals surface area (Å²) in [6.45, 7) is 4.70. The molecule has 1 aromatic heterocycles. The second-order valence-electron chi connectivity index (χ2n) is 6.72. The van der Waals surface area contributed by atoms with E-state index in [2.05, 4.69) is 41.5 Å². The molecule has 1 fully saturated rings. The fourth-order valence-electron chi connectivity index (χ4n) is 3.84. The van der Waals surface area contributed by atoms with E-state index in [-0.39, 0.29) is 17.3 Å². The van der Waals surface area contributed by atoms with Crippen molar-refractivity contribution in [3.05, 3.63) is 77.7 Å². The molecule has 2 unspecified atom stereocenters. The number of hydrogen-bond acceptors (Lipinski definition) is 2. The van der Waals surface area contributed by atoms with Gasteiger partial charge in [0.05, 0.1) is 11.6 Å². The molecule has 0 amide bonds. The van der Waals surface area contributed by atoms with E-state index in [0.29, 0.717) is 0 Å². The van der Waals surface area contributed by atoms with E-state index >= 15 is 0 Å². The van der Waals surface area contributed by atoms with Crippen LogP contribution in [0.25, 0.3) is 10.9 Å². The third-order valence-electron chi connectivity index (χ3n) is 5.28. The van der Waals surface area contributed by atoms with Crippen LogP contribution < -0.4 is 10.6 Å². The lowest BCUT2D eigenvalue weighted by Gasteiger charge is -2.41. The number of para-hydroxylation sites is 1. The molecule has 127 valence electrons. The van der Waals surface area contributed by atoms with Gasteiger partial charge >= 0.3 is 0 Å². The van der Waals surface area contributed by atoms with Crippen LogP contribution in [0, 0.1) is 5.82 Å². The predicted molar refractivity (Wildman–Crippen MR) is 98.3 cm³/mol. The Morgan fingerprint density at radius 1 is 1.08 bits per heavy atom. The Balaban J connectivity index is 1.94. The third-order valence-corrected chi connectivity index (χ3v) is 5.28. The molecule has 2 heterocycles. The average molecular weight is 334 g/mol. The quantitative estimate of drug-likeness (QED) is 0.798. The van der Waals surface area contributed by atoms with E-state index in [4.69, 9.17) is 5.32 Å². The van der Waals surface area contributed by atoms with Crippen molar-refractivity contribution in [1.29, 1.82) is 0 Å². The first-order valence-corrected chi connectivity index (χ1v) is 8.67. The highest BCUT2D eigenvalue weighted by Crippen LogP contribution is 2.39. The van der Waals surface area contributed by atoms with Gasteiger partial charge in [0, 0.05) is 36.6 Å². The van der Waals surface area contributed by atoms with Gasteiger partial charge in [0.1, 0.15) is 5.82 Å². The molecule has 1 aliphatic rings. The van der Waals surface area contributed by atoms with Gasteiger partial charge in [-0.05, 0) is 36.2 Å². The molecule has 3 nitrogen and oxygen atoms in total. The van der Waals surface area contributed by atoms with Crippen LogP contribution in [-0.2, 0) is 5.41 Å². The molecule has 1 aliphatic heterocycles. The van der Waals surface area contributed by atoms with Gasteiger partial charge in [-0.25, -0.2) is 9.71 Å². The van der Waals surface area contributed by atoms with Crippen molar-refractivity contribution in [2.24, 2.45) is 0 Å². The molecule has 0 aliphatic carbocycles. The number of fused-ring (bicyclic) bond motifs is 1. The van der Waals surface area contributed by atoms with Gasteiger partial charge in [0.2, 0.25) is 0 Å². The van der Waals surface area contributed by atoms with Crippen molar-refractivity contribution < 1.29 is 4.39 Å². The first-order valence-electron chi connectivity index (χ1n) is 8.67. The minimum atomic E-state index is -0.380. The van der Waals surface area contributed by atoms with Crippen LogP contribution in [-0.4, -0.2) is 30.7 Å². The largest absolute Gasteiger partial charge is 0.314 e. The minimum absolute atomic E-state index is 0.0688. The summed E-state index contributed by atoms with van der Waals surface area (Å²) < 4.78 is 13.5. The van der Waals surface area contributed by atoms with Crippen LogP contribution in [0.2, 0.25) is 0 Å². The van der Waals surface area contributed by atoms with E-state index < -0.39 is 0 Å². The number of benzene rings is 2. The first-order chi connectivity index (χ1) is 12.2. The molecular weight excluding hydrogens is 313 g/mol. The summed E-state index contributed by atoms with van der Waals surface area (Å²) in [5.74, 6) is -0.221. The van der Waals surface area contributed by atoms with Crippen molar-refractivity contribution in [1.82, 2.24) is 15.6 Å². The molecule has 1 N–H and O–H groups in total. The molecule has 1 saturated heterocycles. The summed E-state index contributed by atoms with van der Waals surface area (Å²) in [6.07, 6.45) is 1.83. The van der Waals surface area contributed by atoms with Crippen LogP contribution in [0.1, 0.15) is 18.1 Å². The van der Waals surface area contributed by atoms with Crippen molar-refractivity contribution in [3.8, 4) is 0 Å². The van der Waals surface area contributed by atoms with Gasteiger partial charge in [-0.1, -0.05) is 36.4 Å². The molecule has 1 radical (unpaired) electrons. The van der Waals surface area contributed by atoms with Crippen LogP contribution in [0.4, 0.5) is 4.39 Å². The van der Waals surface area contributed by atoms with Gasteiger partial charge in [0.25, 0.3) is 0 Å². The van der Waals surface area contributed by atoms with Crippen molar-refractivity contribution in [3.63, 3.8) is 0 Å². The lowest BCUT2D eigenvalue weighted by molar-refractivity contribution is 0.311. The minimum Gasteiger partial charge on any atom is -0.314 e. The summed E-state index contributed by atoms with van der Waals surface area (Å²) in [7, 11) is 0. The Bertz CT molecular complexity index is 866. The number of nitrogens with zero attached hydrogens (tertiary/aromatic N) is 2. The van der Waals surface area contributed by atoms with Crippen molar-refractivity contribution in [2.45, 2.75) is 18.4 Å². The molecule has 0 saturated carbocycles.